The molecule has 2 aromatic rings. The third-order valence-electron chi connectivity index (χ3n) is 2.86. The zero-order chi connectivity index (χ0) is 12.1. The van der Waals surface area contributed by atoms with Crippen molar-refractivity contribution in [3.8, 4) is 11.1 Å². The van der Waals surface area contributed by atoms with Gasteiger partial charge in [0.25, 0.3) is 0 Å². The van der Waals surface area contributed by atoms with Crippen molar-refractivity contribution in [1.82, 2.24) is 15.1 Å². The summed E-state index contributed by atoms with van der Waals surface area (Å²) in [5.74, 6) is 0. The summed E-state index contributed by atoms with van der Waals surface area (Å²) in [6.45, 7) is 1.14. The second-order valence-corrected chi connectivity index (χ2v) is 4.59. The highest BCUT2D eigenvalue weighted by molar-refractivity contribution is 5.61. The van der Waals surface area contributed by atoms with E-state index in [0.717, 1.165) is 18.5 Å². The van der Waals surface area contributed by atoms with Crippen molar-refractivity contribution in [2.75, 3.05) is 20.6 Å². The Bertz CT molecular complexity index is 429. The molecule has 0 unspecified atom stereocenters. The van der Waals surface area contributed by atoms with Gasteiger partial charge in [-0.15, -0.1) is 0 Å². The summed E-state index contributed by atoms with van der Waals surface area (Å²) in [6, 6.07) is 8.74. The van der Waals surface area contributed by atoms with Gasteiger partial charge in [0.05, 0.1) is 6.20 Å². The van der Waals surface area contributed by atoms with Gasteiger partial charge in [-0.3, -0.25) is 5.10 Å². The summed E-state index contributed by atoms with van der Waals surface area (Å²) in [6.07, 6.45) is 6.12. The van der Waals surface area contributed by atoms with E-state index in [1.807, 2.05) is 12.4 Å². The van der Waals surface area contributed by atoms with Crippen LogP contribution < -0.4 is 0 Å². The number of hydrogen-bond acceptors (Lipinski definition) is 2. The fourth-order valence-corrected chi connectivity index (χ4v) is 1.87. The quantitative estimate of drug-likeness (QED) is 0.854. The highest BCUT2D eigenvalue weighted by atomic mass is 15.1. The lowest BCUT2D eigenvalue weighted by Gasteiger charge is -2.09. The van der Waals surface area contributed by atoms with E-state index >= 15 is 0 Å². The molecule has 0 amide bonds. The lowest BCUT2D eigenvalue weighted by molar-refractivity contribution is 0.400. The van der Waals surface area contributed by atoms with Crippen LogP contribution in [-0.2, 0) is 6.42 Å². The number of aromatic amines is 1. The maximum Gasteiger partial charge on any atom is 0.0565 e. The Kier molecular flexibility index (Phi) is 3.94. The Morgan fingerprint density at radius 3 is 2.47 bits per heavy atom. The molecule has 1 aromatic heterocycles. The lowest BCUT2D eigenvalue weighted by atomic mass is 10.0. The van der Waals surface area contributed by atoms with E-state index in [2.05, 4.69) is 53.5 Å². The number of nitrogens with zero attached hydrogens (tertiary/aromatic N) is 2. The maximum atomic E-state index is 3.96. The summed E-state index contributed by atoms with van der Waals surface area (Å²) in [5, 5.41) is 6.79. The average molecular weight is 229 g/mol. The predicted molar refractivity (Wildman–Crippen MR) is 70.9 cm³/mol. The Labute approximate surface area is 102 Å². The second kappa shape index (κ2) is 5.64. The highest BCUT2D eigenvalue weighted by Crippen LogP contribution is 2.18. The summed E-state index contributed by atoms with van der Waals surface area (Å²) < 4.78 is 0. The number of aryl methyl sites for hydroxylation is 1. The molecule has 0 fully saturated rings. The van der Waals surface area contributed by atoms with Crippen LogP contribution in [0.5, 0.6) is 0 Å². The van der Waals surface area contributed by atoms with Crippen LogP contribution in [0.4, 0.5) is 0 Å². The normalized spacial score (nSPS) is 11.0. The van der Waals surface area contributed by atoms with Crippen LogP contribution in [0.3, 0.4) is 0 Å². The largest absolute Gasteiger partial charge is 0.309 e. The molecule has 3 nitrogen and oxygen atoms in total. The molecule has 0 spiro atoms. The second-order valence-electron chi connectivity index (χ2n) is 4.59. The maximum absolute atomic E-state index is 3.96. The van der Waals surface area contributed by atoms with Gasteiger partial charge in [-0.2, -0.15) is 5.10 Å². The van der Waals surface area contributed by atoms with Crippen molar-refractivity contribution in [2.24, 2.45) is 0 Å². The highest BCUT2D eigenvalue weighted by Gasteiger charge is 1.99. The van der Waals surface area contributed by atoms with Gasteiger partial charge in [-0.25, -0.2) is 0 Å². The van der Waals surface area contributed by atoms with Crippen molar-refractivity contribution in [3.05, 3.63) is 42.2 Å². The molecule has 17 heavy (non-hydrogen) atoms. The summed E-state index contributed by atoms with van der Waals surface area (Å²) in [7, 11) is 4.23. The van der Waals surface area contributed by atoms with Crippen LogP contribution in [0, 0.1) is 0 Å². The number of hydrogen-bond donors (Lipinski definition) is 1. The van der Waals surface area contributed by atoms with Crippen molar-refractivity contribution < 1.29 is 0 Å². The van der Waals surface area contributed by atoms with Gasteiger partial charge in [0.1, 0.15) is 0 Å². The van der Waals surface area contributed by atoms with E-state index in [4.69, 9.17) is 0 Å². The molecular formula is C14H19N3. The third kappa shape index (κ3) is 3.43. The smallest absolute Gasteiger partial charge is 0.0565 e. The third-order valence-corrected chi connectivity index (χ3v) is 2.86. The monoisotopic (exact) mass is 229 g/mol. The SMILES string of the molecule is CN(C)CCCc1ccc(-c2cn[nH]c2)cc1. The fraction of sp³-hybridized carbons (Fsp3) is 0.357. The van der Waals surface area contributed by atoms with E-state index < -0.39 is 0 Å². The first-order valence-electron chi connectivity index (χ1n) is 5.98. The number of H-pyrrole nitrogens is 1. The topological polar surface area (TPSA) is 31.9 Å². The van der Waals surface area contributed by atoms with E-state index in [1.165, 1.54) is 17.5 Å². The first-order chi connectivity index (χ1) is 8.25. The molecule has 0 atom stereocenters. The van der Waals surface area contributed by atoms with Gasteiger partial charge in [0.15, 0.2) is 0 Å². The Balaban J connectivity index is 1.94. The molecule has 1 N–H and O–H groups in total. The van der Waals surface area contributed by atoms with Gasteiger partial charge >= 0.3 is 0 Å². The minimum absolute atomic E-state index is 1.14. The van der Waals surface area contributed by atoms with Crippen molar-refractivity contribution in [2.45, 2.75) is 12.8 Å². The van der Waals surface area contributed by atoms with E-state index in [1.54, 1.807) is 0 Å². The molecule has 1 aromatic carbocycles. The minimum atomic E-state index is 1.14. The number of nitrogens with one attached hydrogen (secondary N) is 1. The lowest BCUT2D eigenvalue weighted by Crippen LogP contribution is -2.13. The zero-order valence-corrected chi connectivity index (χ0v) is 10.5. The predicted octanol–water partition coefficient (Wildman–Crippen LogP) is 2.57. The van der Waals surface area contributed by atoms with Crippen LogP contribution in [0.1, 0.15) is 12.0 Å². The van der Waals surface area contributed by atoms with Crippen molar-refractivity contribution >= 4 is 0 Å². The Morgan fingerprint density at radius 2 is 1.88 bits per heavy atom. The molecule has 90 valence electrons. The molecule has 0 saturated heterocycles. The van der Waals surface area contributed by atoms with E-state index in [-0.39, 0.29) is 0 Å². The fourth-order valence-electron chi connectivity index (χ4n) is 1.87. The summed E-state index contributed by atoms with van der Waals surface area (Å²) >= 11 is 0. The van der Waals surface area contributed by atoms with Crippen LogP contribution in [0.15, 0.2) is 36.7 Å². The van der Waals surface area contributed by atoms with Crippen LogP contribution >= 0.6 is 0 Å². The van der Waals surface area contributed by atoms with Gasteiger partial charge < -0.3 is 4.90 Å². The molecule has 0 aliphatic carbocycles. The van der Waals surface area contributed by atoms with Crippen LogP contribution in [0.25, 0.3) is 11.1 Å². The zero-order valence-electron chi connectivity index (χ0n) is 10.5. The first-order valence-corrected chi connectivity index (χ1v) is 5.98. The van der Waals surface area contributed by atoms with E-state index in [0.29, 0.717) is 0 Å². The van der Waals surface area contributed by atoms with Gasteiger partial charge in [-0.05, 0) is 44.6 Å². The molecule has 0 radical (unpaired) electrons. The van der Waals surface area contributed by atoms with Gasteiger partial charge in [0, 0.05) is 11.8 Å². The molecule has 0 aliphatic heterocycles. The number of aromatic nitrogens is 2. The van der Waals surface area contributed by atoms with Crippen LogP contribution in [-0.4, -0.2) is 35.7 Å². The molecule has 0 bridgehead atoms. The number of rotatable bonds is 5. The molecule has 0 saturated carbocycles. The Hall–Kier alpha value is -1.61. The van der Waals surface area contributed by atoms with Gasteiger partial charge in [-0.1, -0.05) is 24.3 Å². The molecule has 0 aliphatic rings. The molecule has 3 heteroatoms. The van der Waals surface area contributed by atoms with Gasteiger partial charge in [0.2, 0.25) is 0 Å². The Morgan fingerprint density at radius 1 is 1.12 bits per heavy atom. The van der Waals surface area contributed by atoms with Crippen molar-refractivity contribution in [1.29, 1.82) is 0 Å². The summed E-state index contributed by atoms with van der Waals surface area (Å²) in [5.41, 5.74) is 3.76. The average Bonchev–Trinajstić information content (AvgIpc) is 2.83. The molecular weight excluding hydrogens is 210 g/mol. The summed E-state index contributed by atoms with van der Waals surface area (Å²) in [4.78, 5) is 2.22. The van der Waals surface area contributed by atoms with Crippen LogP contribution in [0.2, 0.25) is 0 Å². The van der Waals surface area contributed by atoms with E-state index in [9.17, 15) is 0 Å². The molecule has 2 rings (SSSR count). The molecule has 1 heterocycles. The van der Waals surface area contributed by atoms with Crippen molar-refractivity contribution in [3.63, 3.8) is 0 Å². The first kappa shape index (κ1) is 11.9. The minimum Gasteiger partial charge on any atom is -0.309 e. The number of benzene rings is 1. The standard InChI is InChI=1S/C14H19N3/c1-17(2)9-3-4-12-5-7-13(8-6-12)14-10-15-16-11-14/h5-8,10-11H,3-4,9H2,1-2H3,(H,15,16).